The van der Waals surface area contributed by atoms with E-state index in [1.165, 1.54) is 10.6 Å². The highest BCUT2D eigenvalue weighted by molar-refractivity contribution is 7.92. The third-order valence-electron chi connectivity index (χ3n) is 4.84. The SMILES string of the molecule is CC[C@H](NC(=O)c1ccc2c(c1)C[C@H](C)N2S(C)(=O)=O)c1ccc(Cl)cc1. The molecule has 7 heteroatoms. The number of halogens is 1. The van der Waals surface area contributed by atoms with Gasteiger partial charge in [0.15, 0.2) is 0 Å². The number of carbonyl (C=O) groups is 1. The number of amides is 1. The van der Waals surface area contributed by atoms with Crippen molar-refractivity contribution in [3.63, 3.8) is 0 Å². The summed E-state index contributed by atoms with van der Waals surface area (Å²) >= 11 is 5.94. The van der Waals surface area contributed by atoms with E-state index in [4.69, 9.17) is 11.6 Å². The highest BCUT2D eigenvalue weighted by Crippen LogP contribution is 2.34. The molecule has 2 aromatic rings. The first-order valence-electron chi connectivity index (χ1n) is 8.89. The summed E-state index contributed by atoms with van der Waals surface area (Å²) in [6.07, 6.45) is 2.55. The number of anilines is 1. The highest BCUT2D eigenvalue weighted by atomic mass is 35.5. The molecule has 0 aliphatic carbocycles. The number of rotatable bonds is 5. The van der Waals surface area contributed by atoms with Crippen molar-refractivity contribution in [1.29, 1.82) is 0 Å². The summed E-state index contributed by atoms with van der Waals surface area (Å²) in [6.45, 7) is 3.88. The fraction of sp³-hybridized carbons (Fsp3) is 0.350. The average Bonchev–Trinajstić information content (AvgIpc) is 2.95. The van der Waals surface area contributed by atoms with Crippen LogP contribution >= 0.6 is 11.6 Å². The van der Waals surface area contributed by atoms with Crippen molar-refractivity contribution in [2.75, 3.05) is 10.6 Å². The molecule has 0 saturated carbocycles. The maximum atomic E-state index is 12.7. The zero-order chi connectivity index (χ0) is 19.8. The molecule has 1 heterocycles. The number of nitrogens with one attached hydrogen (secondary N) is 1. The van der Waals surface area contributed by atoms with Gasteiger partial charge >= 0.3 is 0 Å². The summed E-state index contributed by atoms with van der Waals surface area (Å²) in [5.74, 6) is -0.176. The smallest absolute Gasteiger partial charge is 0.251 e. The van der Waals surface area contributed by atoms with Crippen LogP contribution in [0.5, 0.6) is 0 Å². The van der Waals surface area contributed by atoms with Gasteiger partial charge in [0.05, 0.1) is 18.0 Å². The lowest BCUT2D eigenvalue weighted by molar-refractivity contribution is 0.0935. The molecule has 0 radical (unpaired) electrons. The summed E-state index contributed by atoms with van der Waals surface area (Å²) in [4.78, 5) is 12.7. The van der Waals surface area contributed by atoms with E-state index in [0.717, 1.165) is 17.5 Å². The molecule has 1 amide bonds. The Labute approximate surface area is 165 Å². The Hall–Kier alpha value is -2.05. The molecule has 1 aliphatic rings. The minimum Gasteiger partial charge on any atom is -0.345 e. The Morgan fingerprint density at radius 3 is 2.52 bits per heavy atom. The van der Waals surface area contributed by atoms with Crippen LogP contribution in [0.1, 0.15) is 47.8 Å². The van der Waals surface area contributed by atoms with E-state index in [1.807, 2.05) is 38.1 Å². The molecule has 0 spiro atoms. The fourth-order valence-corrected chi connectivity index (χ4v) is 5.00. The minimum atomic E-state index is -3.34. The number of sulfonamides is 1. The number of nitrogens with zero attached hydrogens (tertiary/aromatic N) is 1. The second-order valence-electron chi connectivity index (χ2n) is 6.94. The minimum absolute atomic E-state index is 0.116. The predicted molar refractivity (Wildman–Crippen MR) is 109 cm³/mol. The summed E-state index contributed by atoms with van der Waals surface area (Å²) in [6, 6.07) is 12.4. The van der Waals surface area contributed by atoms with Gasteiger partial charge in [0, 0.05) is 16.6 Å². The van der Waals surface area contributed by atoms with E-state index < -0.39 is 10.0 Å². The molecule has 2 atom stereocenters. The summed E-state index contributed by atoms with van der Waals surface area (Å²) in [7, 11) is -3.34. The van der Waals surface area contributed by atoms with E-state index in [2.05, 4.69) is 5.32 Å². The molecule has 27 heavy (non-hydrogen) atoms. The Kier molecular flexibility index (Phi) is 5.49. The van der Waals surface area contributed by atoms with Crippen LogP contribution in [0.4, 0.5) is 5.69 Å². The van der Waals surface area contributed by atoms with E-state index in [1.54, 1.807) is 18.2 Å². The van der Waals surface area contributed by atoms with E-state index in [-0.39, 0.29) is 18.0 Å². The van der Waals surface area contributed by atoms with E-state index in [0.29, 0.717) is 22.7 Å². The van der Waals surface area contributed by atoms with Crippen molar-refractivity contribution in [1.82, 2.24) is 5.32 Å². The van der Waals surface area contributed by atoms with Gasteiger partial charge in [-0.15, -0.1) is 0 Å². The molecule has 144 valence electrons. The van der Waals surface area contributed by atoms with Gasteiger partial charge in [-0.25, -0.2) is 8.42 Å². The maximum absolute atomic E-state index is 12.7. The first-order valence-corrected chi connectivity index (χ1v) is 11.1. The third-order valence-corrected chi connectivity index (χ3v) is 6.36. The molecule has 0 bridgehead atoms. The summed E-state index contributed by atoms with van der Waals surface area (Å²) in [5.41, 5.74) is 3.06. The second-order valence-corrected chi connectivity index (χ2v) is 9.24. The van der Waals surface area contributed by atoms with Crippen molar-refractivity contribution in [2.24, 2.45) is 0 Å². The largest absolute Gasteiger partial charge is 0.345 e. The quantitative estimate of drug-likeness (QED) is 0.817. The molecule has 0 aromatic heterocycles. The van der Waals surface area contributed by atoms with Crippen LogP contribution in [0.3, 0.4) is 0 Å². The Morgan fingerprint density at radius 1 is 1.26 bits per heavy atom. The second kappa shape index (κ2) is 7.52. The van der Waals surface area contributed by atoms with Gasteiger partial charge < -0.3 is 5.32 Å². The molecule has 0 fully saturated rings. The van der Waals surface area contributed by atoms with Crippen LogP contribution in [0.15, 0.2) is 42.5 Å². The fourth-order valence-electron chi connectivity index (χ4n) is 3.61. The topological polar surface area (TPSA) is 66.5 Å². The first kappa shape index (κ1) is 19.7. The van der Waals surface area contributed by atoms with Crippen molar-refractivity contribution < 1.29 is 13.2 Å². The van der Waals surface area contributed by atoms with Gasteiger partial charge in [0.1, 0.15) is 0 Å². The molecule has 3 rings (SSSR count). The van der Waals surface area contributed by atoms with Crippen LogP contribution in [-0.4, -0.2) is 26.6 Å². The molecule has 1 aliphatic heterocycles. The summed E-state index contributed by atoms with van der Waals surface area (Å²) in [5, 5.41) is 3.70. The molecule has 5 nitrogen and oxygen atoms in total. The predicted octanol–water partition coefficient (Wildman–Crippen LogP) is 3.93. The monoisotopic (exact) mass is 406 g/mol. The maximum Gasteiger partial charge on any atom is 0.251 e. The third kappa shape index (κ3) is 4.12. The van der Waals surface area contributed by atoms with E-state index >= 15 is 0 Å². The van der Waals surface area contributed by atoms with Gasteiger partial charge in [-0.2, -0.15) is 0 Å². The molecule has 2 aromatic carbocycles. The van der Waals surface area contributed by atoms with Crippen LogP contribution in [-0.2, 0) is 16.4 Å². The lowest BCUT2D eigenvalue weighted by atomic mass is 10.0. The van der Waals surface area contributed by atoms with Crippen molar-refractivity contribution in [3.8, 4) is 0 Å². The van der Waals surface area contributed by atoms with Crippen molar-refractivity contribution in [2.45, 2.75) is 38.8 Å². The molecule has 0 unspecified atom stereocenters. The molecular weight excluding hydrogens is 384 g/mol. The standard InChI is InChI=1S/C20H23ClN2O3S/c1-4-18(14-5-8-17(21)9-6-14)22-20(24)15-7-10-19-16(12-15)11-13(2)23(19)27(3,25)26/h5-10,12-13,18H,4,11H2,1-3H3,(H,22,24)/t13-,18-/m0/s1. The summed E-state index contributed by atoms with van der Waals surface area (Å²) < 4.78 is 25.5. The van der Waals surface area contributed by atoms with Gasteiger partial charge in [0.25, 0.3) is 5.91 Å². The van der Waals surface area contributed by atoms with Gasteiger partial charge in [0.2, 0.25) is 10.0 Å². The molecule has 0 saturated heterocycles. The number of fused-ring (bicyclic) bond motifs is 1. The first-order chi connectivity index (χ1) is 12.7. The van der Waals surface area contributed by atoms with Crippen LogP contribution in [0.25, 0.3) is 0 Å². The van der Waals surface area contributed by atoms with Gasteiger partial charge in [-0.3, -0.25) is 9.10 Å². The molecule has 1 N–H and O–H groups in total. The number of hydrogen-bond donors (Lipinski definition) is 1. The van der Waals surface area contributed by atoms with Crippen molar-refractivity contribution in [3.05, 3.63) is 64.2 Å². The van der Waals surface area contributed by atoms with Gasteiger partial charge in [-0.1, -0.05) is 30.7 Å². The van der Waals surface area contributed by atoms with Crippen LogP contribution in [0.2, 0.25) is 5.02 Å². The van der Waals surface area contributed by atoms with E-state index in [9.17, 15) is 13.2 Å². The average molecular weight is 407 g/mol. The van der Waals surface area contributed by atoms with Crippen LogP contribution < -0.4 is 9.62 Å². The number of carbonyl (C=O) groups excluding carboxylic acids is 1. The zero-order valence-corrected chi connectivity index (χ0v) is 17.1. The highest BCUT2D eigenvalue weighted by Gasteiger charge is 2.32. The number of benzene rings is 2. The Balaban J connectivity index is 1.82. The van der Waals surface area contributed by atoms with Gasteiger partial charge in [-0.05, 0) is 61.2 Å². The Morgan fingerprint density at radius 2 is 1.93 bits per heavy atom. The molecular formula is C20H23ClN2O3S. The Bertz CT molecular complexity index is 958. The zero-order valence-electron chi connectivity index (χ0n) is 15.6. The van der Waals surface area contributed by atoms with Crippen molar-refractivity contribution >= 4 is 33.2 Å². The normalized spacial score (nSPS) is 17.5. The van der Waals surface area contributed by atoms with Crippen LogP contribution in [0, 0.1) is 0 Å². The number of hydrogen-bond acceptors (Lipinski definition) is 3. The lowest BCUT2D eigenvalue weighted by Crippen LogP contribution is -2.34. The lowest BCUT2D eigenvalue weighted by Gasteiger charge is -2.22.